The first-order valence-corrected chi connectivity index (χ1v) is 10.3. The zero-order chi connectivity index (χ0) is 24.1. The van der Waals surface area contributed by atoms with Crippen molar-refractivity contribution < 1.29 is 24.7 Å². The van der Waals surface area contributed by atoms with Gasteiger partial charge in [-0.15, -0.1) is 0 Å². The lowest BCUT2D eigenvalue weighted by Crippen LogP contribution is -2.44. The molecular formula is C24H28N4O5. The first-order valence-electron chi connectivity index (χ1n) is 10.3. The number of nitrogens with zero attached hydrogens (tertiary/aromatic N) is 3. The van der Waals surface area contributed by atoms with Crippen LogP contribution in [0.1, 0.15) is 27.2 Å². The van der Waals surface area contributed by atoms with Gasteiger partial charge >= 0.3 is 0 Å². The monoisotopic (exact) mass is 452 g/mol. The average Bonchev–Trinajstić information content (AvgIpc) is 2.84. The average molecular weight is 453 g/mol. The van der Waals surface area contributed by atoms with Crippen molar-refractivity contribution in [1.82, 2.24) is 20.3 Å². The fraction of sp³-hybridized carbons (Fsp3) is 0.250. The molecule has 3 rings (SSSR count). The molecule has 0 bridgehead atoms. The molecule has 9 heteroatoms. The third-order valence-electron chi connectivity index (χ3n) is 5.02. The smallest absolute Gasteiger partial charge is 0.290 e. The Morgan fingerprint density at radius 1 is 1.06 bits per heavy atom. The van der Waals surface area contributed by atoms with Crippen LogP contribution in [0, 0.1) is 0 Å². The Balaban J connectivity index is 0.00000122. The third-order valence-corrected chi connectivity index (χ3v) is 5.02. The van der Waals surface area contributed by atoms with Crippen LogP contribution in [0.4, 0.5) is 0 Å². The van der Waals surface area contributed by atoms with Crippen molar-refractivity contribution in [2.45, 2.75) is 6.54 Å². The topological polar surface area (TPSA) is 123 Å². The van der Waals surface area contributed by atoms with E-state index >= 15 is 0 Å². The lowest BCUT2D eigenvalue weighted by atomic mass is 10.0. The van der Waals surface area contributed by atoms with E-state index in [1.165, 1.54) is 17.6 Å². The number of hydroxylamine groups is 1. The summed E-state index contributed by atoms with van der Waals surface area (Å²) in [5.41, 5.74) is 4.63. The summed E-state index contributed by atoms with van der Waals surface area (Å²) >= 11 is 0. The maximum atomic E-state index is 12.8. The second-order valence-corrected chi connectivity index (χ2v) is 7.37. The number of aromatic nitrogens is 1. The molecule has 0 atom stereocenters. The van der Waals surface area contributed by atoms with Gasteiger partial charge in [-0.1, -0.05) is 30.3 Å². The van der Waals surface area contributed by atoms with E-state index in [1.54, 1.807) is 24.4 Å². The van der Waals surface area contributed by atoms with Gasteiger partial charge in [-0.2, -0.15) is 0 Å². The number of likely N-dealkylation sites (N-methyl/N-ethyl adjacent to an activating group) is 1. The summed E-state index contributed by atoms with van der Waals surface area (Å²) in [6, 6.07) is 11.3. The fourth-order valence-electron chi connectivity index (χ4n) is 3.22. The van der Waals surface area contributed by atoms with E-state index in [-0.39, 0.29) is 12.3 Å². The molecule has 1 aromatic heterocycles. The van der Waals surface area contributed by atoms with E-state index in [4.69, 9.17) is 15.1 Å². The molecule has 0 aliphatic carbocycles. The predicted octanol–water partition coefficient (Wildman–Crippen LogP) is 1.94. The Morgan fingerprint density at radius 3 is 2.39 bits per heavy atom. The molecule has 1 aromatic carbocycles. The molecule has 33 heavy (non-hydrogen) atoms. The quantitative estimate of drug-likeness (QED) is 0.192. The molecule has 0 unspecified atom stereocenters. The second kappa shape index (κ2) is 13.7. The number of hydrogen-bond donors (Lipinski definition) is 3. The van der Waals surface area contributed by atoms with Crippen molar-refractivity contribution in [3.05, 3.63) is 77.1 Å². The molecule has 2 heterocycles. The standard InChI is InChI=1S/C23H26N4O3.CH2O2/c1-26-12-14-27(15-13-26)17-19-4-2-3-5-21(19)22(28)10-7-18-6-8-20(24-16-18)9-11-23(29)25-30;2-1-3/h2-11,16,30H,12-15,17H2,1H3,(H,25,29);1H,(H,2,3)/b10-7+,11-9+;. The van der Waals surface area contributed by atoms with Crippen LogP contribution in [-0.4, -0.2) is 76.5 Å². The van der Waals surface area contributed by atoms with Crippen LogP contribution in [0.2, 0.25) is 0 Å². The molecule has 174 valence electrons. The van der Waals surface area contributed by atoms with E-state index in [0.29, 0.717) is 5.69 Å². The first-order chi connectivity index (χ1) is 16.0. The molecule has 0 saturated carbocycles. The number of nitrogens with one attached hydrogen (secondary N) is 1. The van der Waals surface area contributed by atoms with Crippen molar-refractivity contribution in [3.63, 3.8) is 0 Å². The number of pyridine rings is 1. The van der Waals surface area contributed by atoms with E-state index in [9.17, 15) is 9.59 Å². The van der Waals surface area contributed by atoms with Gasteiger partial charge in [0.1, 0.15) is 0 Å². The van der Waals surface area contributed by atoms with Crippen molar-refractivity contribution in [2.24, 2.45) is 0 Å². The summed E-state index contributed by atoms with van der Waals surface area (Å²) < 4.78 is 0. The van der Waals surface area contributed by atoms with Gasteiger partial charge in [-0.05, 0) is 42.5 Å². The van der Waals surface area contributed by atoms with E-state index in [2.05, 4.69) is 21.8 Å². The molecule has 0 spiro atoms. The second-order valence-electron chi connectivity index (χ2n) is 7.37. The highest BCUT2D eigenvalue weighted by Gasteiger charge is 2.16. The Labute approximate surface area is 192 Å². The van der Waals surface area contributed by atoms with Gasteiger partial charge in [0.15, 0.2) is 5.78 Å². The summed E-state index contributed by atoms with van der Waals surface area (Å²) in [5, 5.41) is 15.4. The highest BCUT2D eigenvalue weighted by molar-refractivity contribution is 6.07. The van der Waals surface area contributed by atoms with Gasteiger partial charge in [0, 0.05) is 50.6 Å². The Bertz CT molecular complexity index is 981. The molecule has 1 aliphatic rings. The van der Waals surface area contributed by atoms with Gasteiger partial charge < -0.3 is 10.0 Å². The number of amides is 1. The minimum Gasteiger partial charge on any atom is -0.483 e. The summed E-state index contributed by atoms with van der Waals surface area (Å²) in [5.74, 6) is -0.662. The number of carbonyl (C=O) groups is 3. The maximum absolute atomic E-state index is 12.8. The Hall–Kier alpha value is -3.66. The summed E-state index contributed by atoms with van der Waals surface area (Å²) in [7, 11) is 2.13. The number of piperazine rings is 1. The molecule has 9 nitrogen and oxygen atoms in total. The number of benzene rings is 1. The van der Waals surface area contributed by atoms with Crippen molar-refractivity contribution in [3.8, 4) is 0 Å². The van der Waals surface area contributed by atoms with Crippen LogP contribution >= 0.6 is 0 Å². The molecule has 3 N–H and O–H groups in total. The third kappa shape index (κ3) is 8.77. The highest BCUT2D eigenvalue weighted by atomic mass is 16.5. The SMILES string of the molecule is CN1CCN(Cc2ccccc2C(=O)/C=C/c2ccc(/C=C/C(=O)NO)nc2)CC1.O=CO. The maximum Gasteiger partial charge on any atom is 0.290 e. The summed E-state index contributed by atoms with van der Waals surface area (Å²) in [4.78, 5) is 41.1. The molecule has 0 radical (unpaired) electrons. The molecule has 2 aromatic rings. The molecule has 1 aliphatic heterocycles. The number of carbonyl (C=O) groups excluding carboxylic acids is 2. The van der Waals surface area contributed by atoms with Gasteiger partial charge in [-0.25, -0.2) is 5.48 Å². The molecular weight excluding hydrogens is 424 g/mol. The van der Waals surface area contributed by atoms with Crippen LogP contribution in [0.5, 0.6) is 0 Å². The fourth-order valence-corrected chi connectivity index (χ4v) is 3.22. The Kier molecular flexibility index (Phi) is 10.6. The van der Waals surface area contributed by atoms with Crippen LogP contribution < -0.4 is 5.48 Å². The molecule has 1 amide bonds. The minimum atomic E-state index is -0.624. The highest BCUT2D eigenvalue weighted by Crippen LogP contribution is 2.15. The normalized spacial score (nSPS) is 14.6. The first kappa shape index (κ1) is 25.6. The van der Waals surface area contributed by atoms with Crippen LogP contribution in [0.15, 0.2) is 54.7 Å². The van der Waals surface area contributed by atoms with E-state index in [0.717, 1.165) is 49.4 Å². The van der Waals surface area contributed by atoms with Crippen LogP contribution in [0.25, 0.3) is 12.2 Å². The lowest BCUT2D eigenvalue weighted by Gasteiger charge is -2.32. The predicted molar refractivity (Wildman–Crippen MR) is 124 cm³/mol. The van der Waals surface area contributed by atoms with Crippen molar-refractivity contribution in [1.29, 1.82) is 0 Å². The van der Waals surface area contributed by atoms with Gasteiger partial charge in [0.2, 0.25) is 0 Å². The molecule has 1 fully saturated rings. The van der Waals surface area contributed by atoms with E-state index < -0.39 is 5.91 Å². The Morgan fingerprint density at radius 2 is 1.76 bits per heavy atom. The zero-order valence-corrected chi connectivity index (χ0v) is 18.4. The zero-order valence-electron chi connectivity index (χ0n) is 18.4. The van der Waals surface area contributed by atoms with Crippen molar-refractivity contribution >= 4 is 30.3 Å². The van der Waals surface area contributed by atoms with Crippen LogP contribution in [0.3, 0.4) is 0 Å². The van der Waals surface area contributed by atoms with Crippen molar-refractivity contribution in [2.75, 3.05) is 33.2 Å². The minimum absolute atomic E-state index is 0.0386. The number of ketones is 1. The van der Waals surface area contributed by atoms with Gasteiger partial charge in [0.25, 0.3) is 12.4 Å². The largest absolute Gasteiger partial charge is 0.483 e. The number of carboxylic acid groups (broad SMARTS) is 1. The summed E-state index contributed by atoms with van der Waals surface area (Å²) in [6.45, 7) is 4.61. The van der Waals surface area contributed by atoms with Gasteiger partial charge in [0.05, 0.1) is 5.69 Å². The number of rotatable bonds is 7. The molecule has 1 saturated heterocycles. The van der Waals surface area contributed by atoms with E-state index in [1.807, 2.05) is 30.3 Å². The van der Waals surface area contributed by atoms with Gasteiger partial charge in [-0.3, -0.25) is 29.5 Å². The number of allylic oxidation sites excluding steroid dienone is 1. The lowest BCUT2D eigenvalue weighted by molar-refractivity contribution is -0.124. The number of hydrogen-bond acceptors (Lipinski definition) is 7. The summed E-state index contributed by atoms with van der Waals surface area (Å²) in [6.07, 6.45) is 7.58. The van der Waals surface area contributed by atoms with Crippen LogP contribution in [-0.2, 0) is 16.1 Å².